The molecule has 0 aliphatic rings. The van der Waals surface area contributed by atoms with Crippen molar-refractivity contribution in [3.05, 3.63) is 44.9 Å². The highest BCUT2D eigenvalue weighted by atomic mass is 35.5. The van der Waals surface area contributed by atoms with Crippen LogP contribution in [0.15, 0.2) is 24.3 Å². The summed E-state index contributed by atoms with van der Waals surface area (Å²) in [5.41, 5.74) is 0.551. The van der Waals surface area contributed by atoms with E-state index >= 15 is 0 Å². The SMILES string of the molecule is Cc1nc(CCOc2cccc(Cl)c2)sc1C(=O)O. The van der Waals surface area contributed by atoms with Gasteiger partial charge in [-0.05, 0) is 25.1 Å². The average molecular weight is 298 g/mol. The second-order valence-corrected chi connectivity index (χ2v) is 5.40. The third kappa shape index (κ3) is 3.68. The lowest BCUT2D eigenvalue weighted by Crippen LogP contribution is -2.00. The lowest BCUT2D eigenvalue weighted by molar-refractivity contribution is 0.0701. The Labute approximate surface area is 119 Å². The van der Waals surface area contributed by atoms with Crippen molar-refractivity contribution in [3.8, 4) is 5.75 Å². The number of halogens is 1. The van der Waals surface area contributed by atoms with Crippen molar-refractivity contribution in [2.24, 2.45) is 0 Å². The number of carboxylic acid groups (broad SMARTS) is 1. The highest BCUT2D eigenvalue weighted by Gasteiger charge is 2.13. The Hall–Kier alpha value is -1.59. The fourth-order valence-electron chi connectivity index (χ4n) is 1.57. The Morgan fingerprint density at radius 3 is 2.95 bits per heavy atom. The topological polar surface area (TPSA) is 59.4 Å². The van der Waals surface area contributed by atoms with E-state index in [0.717, 1.165) is 5.01 Å². The number of aromatic nitrogens is 1. The van der Waals surface area contributed by atoms with Crippen LogP contribution in [-0.2, 0) is 6.42 Å². The zero-order valence-electron chi connectivity index (χ0n) is 10.2. The van der Waals surface area contributed by atoms with Gasteiger partial charge in [0, 0.05) is 11.4 Å². The van der Waals surface area contributed by atoms with Gasteiger partial charge in [0.05, 0.1) is 17.3 Å². The summed E-state index contributed by atoms with van der Waals surface area (Å²) in [6.07, 6.45) is 0.575. The zero-order chi connectivity index (χ0) is 13.8. The summed E-state index contributed by atoms with van der Waals surface area (Å²) in [5, 5.41) is 10.3. The van der Waals surface area contributed by atoms with Crippen molar-refractivity contribution < 1.29 is 14.6 Å². The first kappa shape index (κ1) is 13.8. The van der Waals surface area contributed by atoms with E-state index < -0.39 is 5.97 Å². The van der Waals surface area contributed by atoms with Crippen molar-refractivity contribution >= 4 is 28.9 Å². The summed E-state index contributed by atoms with van der Waals surface area (Å²) in [4.78, 5) is 15.4. The molecule has 0 saturated carbocycles. The first-order chi connectivity index (χ1) is 9.06. The molecule has 1 aromatic heterocycles. The first-order valence-electron chi connectivity index (χ1n) is 5.64. The predicted molar refractivity (Wildman–Crippen MR) is 74.5 cm³/mol. The van der Waals surface area contributed by atoms with Crippen LogP contribution in [0.3, 0.4) is 0 Å². The molecule has 0 aliphatic carbocycles. The quantitative estimate of drug-likeness (QED) is 0.918. The van der Waals surface area contributed by atoms with Crippen LogP contribution in [0, 0.1) is 6.92 Å². The number of hydrogen-bond donors (Lipinski definition) is 1. The second-order valence-electron chi connectivity index (χ2n) is 3.88. The Bertz CT molecular complexity index is 597. The van der Waals surface area contributed by atoms with E-state index in [2.05, 4.69) is 4.98 Å². The number of thiazole rings is 1. The molecule has 0 fully saturated rings. The molecule has 0 aliphatic heterocycles. The molecule has 0 bridgehead atoms. The highest BCUT2D eigenvalue weighted by molar-refractivity contribution is 7.13. The van der Waals surface area contributed by atoms with Crippen LogP contribution >= 0.6 is 22.9 Å². The maximum Gasteiger partial charge on any atom is 0.347 e. The number of benzene rings is 1. The molecular weight excluding hydrogens is 286 g/mol. The first-order valence-corrected chi connectivity index (χ1v) is 6.83. The summed E-state index contributed by atoms with van der Waals surface area (Å²) in [6.45, 7) is 2.13. The second kappa shape index (κ2) is 6.04. The minimum atomic E-state index is -0.933. The Morgan fingerprint density at radius 1 is 1.53 bits per heavy atom. The number of aryl methyl sites for hydroxylation is 1. The monoisotopic (exact) mass is 297 g/mol. The van der Waals surface area contributed by atoms with Crippen LogP contribution in [0.4, 0.5) is 0 Å². The molecule has 0 radical (unpaired) electrons. The molecule has 0 saturated heterocycles. The van der Waals surface area contributed by atoms with Gasteiger partial charge in [-0.25, -0.2) is 9.78 Å². The van der Waals surface area contributed by atoms with E-state index in [1.165, 1.54) is 11.3 Å². The van der Waals surface area contributed by atoms with Crippen molar-refractivity contribution in [3.63, 3.8) is 0 Å². The number of ether oxygens (including phenoxy) is 1. The van der Waals surface area contributed by atoms with Crippen molar-refractivity contribution in [1.29, 1.82) is 0 Å². The van der Waals surface area contributed by atoms with Gasteiger partial charge in [-0.1, -0.05) is 17.7 Å². The van der Waals surface area contributed by atoms with Crippen LogP contribution in [0.5, 0.6) is 5.75 Å². The van der Waals surface area contributed by atoms with Gasteiger partial charge in [-0.15, -0.1) is 11.3 Å². The smallest absolute Gasteiger partial charge is 0.347 e. The summed E-state index contributed by atoms with van der Waals surface area (Å²) in [6, 6.07) is 7.14. The van der Waals surface area contributed by atoms with Gasteiger partial charge in [-0.3, -0.25) is 0 Å². The molecule has 1 heterocycles. The van der Waals surface area contributed by atoms with E-state index in [1.54, 1.807) is 19.1 Å². The predicted octanol–water partition coefficient (Wildman–Crippen LogP) is 3.42. The molecule has 4 nitrogen and oxygen atoms in total. The third-order valence-corrected chi connectivity index (χ3v) is 3.86. The minimum Gasteiger partial charge on any atom is -0.493 e. The van der Waals surface area contributed by atoms with Gasteiger partial charge >= 0.3 is 5.97 Å². The van der Waals surface area contributed by atoms with Crippen LogP contribution in [0.25, 0.3) is 0 Å². The van der Waals surface area contributed by atoms with Gasteiger partial charge in [0.25, 0.3) is 0 Å². The molecule has 0 spiro atoms. The fourth-order valence-corrected chi connectivity index (χ4v) is 2.64. The lowest BCUT2D eigenvalue weighted by Gasteiger charge is -2.04. The van der Waals surface area contributed by atoms with E-state index in [4.69, 9.17) is 21.4 Å². The van der Waals surface area contributed by atoms with Crippen molar-refractivity contribution in [2.75, 3.05) is 6.61 Å². The number of rotatable bonds is 5. The molecule has 100 valence electrons. The lowest BCUT2D eigenvalue weighted by atomic mass is 10.3. The van der Waals surface area contributed by atoms with Gasteiger partial charge in [-0.2, -0.15) is 0 Å². The Kier molecular flexibility index (Phi) is 4.39. The number of carboxylic acids is 1. The summed E-state index contributed by atoms with van der Waals surface area (Å²) in [5.74, 6) is -0.240. The molecule has 0 atom stereocenters. The fraction of sp³-hybridized carbons (Fsp3) is 0.231. The third-order valence-electron chi connectivity index (χ3n) is 2.42. The van der Waals surface area contributed by atoms with Crippen LogP contribution < -0.4 is 4.74 Å². The molecule has 1 aromatic carbocycles. The molecule has 1 N–H and O–H groups in total. The van der Waals surface area contributed by atoms with Gasteiger partial charge in [0.2, 0.25) is 0 Å². The van der Waals surface area contributed by atoms with E-state index in [-0.39, 0.29) is 4.88 Å². The van der Waals surface area contributed by atoms with Crippen LogP contribution in [0.1, 0.15) is 20.4 Å². The Balaban J connectivity index is 1.92. The summed E-state index contributed by atoms with van der Waals surface area (Å²) in [7, 11) is 0. The number of nitrogens with zero attached hydrogens (tertiary/aromatic N) is 1. The van der Waals surface area contributed by atoms with Crippen LogP contribution in [0.2, 0.25) is 5.02 Å². The normalized spacial score (nSPS) is 10.4. The van der Waals surface area contributed by atoms with Crippen molar-refractivity contribution in [1.82, 2.24) is 4.98 Å². The molecule has 19 heavy (non-hydrogen) atoms. The summed E-state index contributed by atoms with van der Waals surface area (Å²) < 4.78 is 5.54. The Morgan fingerprint density at radius 2 is 2.32 bits per heavy atom. The van der Waals surface area contributed by atoms with Gasteiger partial charge in [0.15, 0.2) is 0 Å². The van der Waals surface area contributed by atoms with Crippen LogP contribution in [-0.4, -0.2) is 22.7 Å². The van der Waals surface area contributed by atoms with Gasteiger partial charge < -0.3 is 9.84 Å². The molecule has 2 aromatic rings. The summed E-state index contributed by atoms with van der Waals surface area (Å²) >= 11 is 7.03. The van der Waals surface area contributed by atoms with Crippen molar-refractivity contribution in [2.45, 2.75) is 13.3 Å². The standard InChI is InChI=1S/C13H12ClNO3S/c1-8-12(13(16)17)19-11(15-8)5-6-18-10-4-2-3-9(14)7-10/h2-4,7H,5-6H2,1H3,(H,16,17). The number of hydrogen-bond acceptors (Lipinski definition) is 4. The molecule has 0 amide bonds. The van der Waals surface area contributed by atoms with E-state index in [0.29, 0.717) is 29.5 Å². The zero-order valence-corrected chi connectivity index (χ0v) is 11.8. The molecule has 6 heteroatoms. The molecular formula is C13H12ClNO3S. The maximum atomic E-state index is 10.9. The average Bonchev–Trinajstić information content (AvgIpc) is 2.71. The highest BCUT2D eigenvalue weighted by Crippen LogP contribution is 2.20. The van der Waals surface area contributed by atoms with Gasteiger partial charge in [0.1, 0.15) is 10.6 Å². The number of carbonyl (C=O) groups is 1. The molecule has 2 rings (SSSR count). The maximum absolute atomic E-state index is 10.9. The largest absolute Gasteiger partial charge is 0.493 e. The molecule has 0 unspecified atom stereocenters. The number of aromatic carboxylic acids is 1. The van der Waals surface area contributed by atoms with E-state index in [1.807, 2.05) is 12.1 Å². The van der Waals surface area contributed by atoms with E-state index in [9.17, 15) is 4.79 Å². The minimum absolute atomic E-state index is 0.290.